The van der Waals surface area contributed by atoms with E-state index in [0.29, 0.717) is 18.8 Å². The van der Waals surface area contributed by atoms with Crippen LogP contribution in [0.5, 0.6) is 0 Å². The molecule has 3 N–H and O–H groups in total. The number of hydrogen-bond donors (Lipinski definition) is 3. The normalized spacial score (nSPS) is 27.3. The van der Waals surface area contributed by atoms with E-state index in [1.165, 1.54) is 5.56 Å². The van der Waals surface area contributed by atoms with E-state index in [9.17, 15) is 9.90 Å². The standard InChI is InChI=1S/C24H26N4O2/c1-28-19(13-26-22(28)17-10-6-3-7-11-17)23(30)27-12-18-21(16-8-4-2-5-9-16)24(18)15-25-14-20(24)29/h2-11,13,18,20-21,25,29H,12,14-15H2,1H3,(H,27,30)/t18-,20+,21-,24-/m0/s1. The minimum atomic E-state index is -0.397. The Hall–Kier alpha value is -2.96. The SMILES string of the molecule is Cn1c(C(=O)NC[C@H]2[C@H](c3ccccc3)[C@@]23CNC[C@H]3O)cnc1-c1ccccc1. The van der Waals surface area contributed by atoms with Crippen molar-refractivity contribution in [1.82, 2.24) is 20.2 Å². The molecule has 1 saturated carbocycles. The van der Waals surface area contributed by atoms with Gasteiger partial charge in [0.25, 0.3) is 5.91 Å². The molecule has 1 amide bonds. The van der Waals surface area contributed by atoms with Crippen LogP contribution >= 0.6 is 0 Å². The zero-order chi connectivity index (χ0) is 20.7. The predicted molar refractivity (Wildman–Crippen MR) is 115 cm³/mol. The number of β-amino-alcohol motifs (C(OH)–C–C–N with tert-alkyl or cyclic N) is 1. The highest BCUT2D eigenvalue weighted by atomic mass is 16.3. The van der Waals surface area contributed by atoms with E-state index in [-0.39, 0.29) is 23.2 Å². The quantitative estimate of drug-likeness (QED) is 0.611. The first-order valence-corrected chi connectivity index (χ1v) is 10.4. The molecule has 1 aliphatic heterocycles. The van der Waals surface area contributed by atoms with Gasteiger partial charge in [0.05, 0.1) is 12.3 Å². The summed E-state index contributed by atoms with van der Waals surface area (Å²) in [6.07, 6.45) is 1.23. The van der Waals surface area contributed by atoms with Crippen molar-refractivity contribution in [2.45, 2.75) is 12.0 Å². The zero-order valence-electron chi connectivity index (χ0n) is 17.0. The van der Waals surface area contributed by atoms with Gasteiger partial charge in [-0.05, 0) is 17.4 Å². The summed E-state index contributed by atoms with van der Waals surface area (Å²) in [5.41, 5.74) is 2.54. The van der Waals surface area contributed by atoms with E-state index in [1.807, 2.05) is 60.1 Å². The van der Waals surface area contributed by atoms with Crippen LogP contribution in [0.4, 0.5) is 0 Å². The van der Waals surface area contributed by atoms with E-state index in [0.717, 1.165) is 17.9 Å². The predicted octanol–water partition coefficient (Wildman–Crippen LogP) is 2.18. The van der Waals surface area contributed by atoms with Crippen LogP contribution in [0.3, 0.4) is 0 Å². The van der Waals surface area contributed by atoms with Gasteiger partial charge in [0.2, 0.25) is 0 Å². The minimum Gasteiger partial charge on any atom is -0.391 e. The summed E-state index contributed by atoms with van der Waals surface area (Å²) in [5, 5.41) is 17.1. The second-order valence-electron chi connectivity index (χ2n) is 8.36. The number of hydrogen-bond acceptors (Lipinski definition) is 4. The van der Waals surface area contributed by atoms with Crippen LogP contribution in [0, 0.1) is 11.3 Å². The number of nitrogens with zero attached hydrogens (tertiary/aromatic N) is 2. The van der Waals surface area contributed by atoms with Crippen molar-refractivity contribution in [1.29, 1.82) is 0 Å². The third-order valence-electron chi connectivity index (χ3n) is 6.85. The average Bonchev–Trinajstić information content (AvgIpc) is 2.99. The van der Waals surface area contributed by atoms with Crippen LogP contribution in [-0.4, -0.2) is 46.3 Å². The van der Waals surface area contributed by atoms with E-state index >= 15 is 0 Å². The Balaban J connectivity index is 1.32. The molecule has 2 fully saturated rings. The number of rotatable bonds is 5. The summed E-state index contributed by atoms with van der Waals surface area (Å²) >= 11 is 0. The lowest BCUT2D eigenvalue weighted by atomic mass is 9.95. The topological polar surface area (TPSA) is 79.2 Å². The Morgan fingerprint density at radius 3 is 2.57 bits per heavy atom. The lowest BCUT2D eigenvalue weighted by Gasteiger charge is -2.15. The van der Waals surface area contributed by atoms with Crippen LogP contribution in [-0.2, 0) is 7.05 Å². The van der Waals surface area contributed by atoms with E-state index in [2.05, 4.69) is 27.8 Å². The molecule has 0 bridgehead atoms. The van der Waals surface area contributed by atoms with E-state index < -0.39 is 6.10 Å². The molecular formula is C24H26N4O2. The maximum absolute atomic E-state index is 12.9. The molecule has 2 heterocycles. The Bertz CT molecular complexity index is 1050. The first-order chi connectivity index (χ1) is 14.6. The van der Waals surface area contributed by atoms with Crippen molar-refractivity contribution in [2.75, 3.05) is 19.6 Å². The fourth-order valence-electron chi connectivity index (χ4n) is 5.25. The summed E-state index contributed by atoms with van der Waals surface area (Å²) in [6, 6.07) is 20.2. The monoisotopic (exact) mass is 402 g/mol. The molecule has 6 nitrogen and oxygen atoms in total. The van der Waals surface area contributed by atoms with Crippen molar-refractivity contribution in [3.05, 3.63) is 78.1 Å². The second-order valence-corrected chi connectivity index (χ2v) is 8.36. The third kappa shape index (κ3) is 2.95. The maximum atomic E-state index is 12.9. The van der Waals surface area contributed by atoms with E-state index in [1.54, 1.807) is 6.20 Å². The largest absolute Gasteiger partial charge is 0.391 e. The van der Waals surface area contributed by atoms with Crippen LogP contribution in [0.15, 0.2) is 66.9 Å². The molecule has 154 valence electrons. The maximum Gasteiger partial charge on any atom is 0.269 e. The number of benzene rings is 2. The van der Waals surface area contributed by atoms with E-state index in [4.69, 9.17) is 0 Å². The van der Waals surface area contributed by atoms with Gasteiger partial charge in [-0.15, -0.1) is 0 Å². The third-order valence-corrected chi connectivity index (χ3v) is 6.85. The van der Waals surface area contributed by atoms with Crippen LogP contribution in [0.2, 0.25) is 0 Å². The highest BCUT2D eigenvalue weighted by molar-refractivity contribution is 5.93. The van der Waals surface area contributed by atoms with Crippen molar-refractivity contribution >= 4 is 5.91 Å². The van der Waals surface area contributed by atoms with Gasteiger partial charge < -0.3 is 20.3 Å². The summed E-state index contributed by atoms with van der Waals surface area (Å²) in [6.45, 7) is 1.91. The molecule has 4 atom stereocenters. The molecular weight excluding hydrogens is 376 g/mol. The molecule has 0 radical (unpaired) electrons. The lowest BCUT2D eigenvalue weighted by molar-refractivity contribution is 0.0931. The van der Waals surface area contributed by atoms with Gasteiger partial charge in [-0.25, -0.2) is 4.98 Å². The summed E-state index contributed by atoms with van der Waals surface area (Å²) < 4.78 is 1.83. The number of aliphatic hydroxyl groups excluding tert-OH is 1. The highest BCUT2D eigenvalue weighted by Crippen LogP contribution is 2.67. The molecule has 2 aliphatic rings. The minimum absolute atomic E-state index is 0.138. The van der Waals surface area contributed by atoms with Gasteiger partial charge in [-0.1, -0.05) is 60.7 Å². The number of amides is 1. The van der Waals surface area contributed by atoms with Gasteiger partial charge >= 0.3 is 0 Å². The van der Waals surface area contributed by atoms with Gasteiger partial charge in [0.15, 0.2) is 0 Å². The molecule has 5 rings (SSSR count). The Labute approximate surface area is 176 Å². The summed E-state index contributed by atoms with van der Waals surface area (Å²) in [4.78, 5) is 17.4. The molecule has 3 aromatic rings. The molecule has 6 heteroatoms. The molecule has 1 spiro atoms. The fourth-order valence-corrected chi connectivity index (χ4v) is 5.25. The van der Waals surface area contributed by atoms with Crippen molar-refractivity contribution in [3.63, 3.8) is 0 Å². The summed E-state index contributed by atoms with van der Waals surface area (Å²) in [7, 11) is 1.86. The molecule has 0 unspecified atom stereocenters. The molecule has 2 aromatic carbocycles. The Morgan fingerprint density at radius 2 is 1.90 bits per heavy atom. The molecule has 30 heavy (non-hydrogen) atoms. The average molecular weight is 402 g/mol. The van der Waals surface area contributed by atoms with Crippen LogP contribution in [0.25, 0.3) is 11.4 Å². The second kappa shape index (κ2) is 7.38. The number of imidazole rings is 1. The van der Waals surface area contributed by atoms with Gasteiger partial charge in [0, 0.05) is 37.7 Å². The van der Waals surface area contributed by atoms with Crippen LogP contribution < -0.4 is 10.6 Å². The first kappa shape index (κ1) is 19.0. The number of carbonyl (C=O) groups excluding carboxylic acids is 1. The summed E-state index contributed by atoms with van der Waals surface area (Å²) in [5.74, 6) is 1.08. The van der Waals surface area contributed by atoms with Gasteiger partial charge in [-0.3, -0.25) is 4.79 Å². The molecule has 1 aromatic heterocycles. The van der Waals surface area contributed by atoms with Crippen molar-refractivity contribution in [2.24, 2.45) is 18.4 Å². The van der Waals surface area contributed by atoms with Gasteiger partial charge in [-0.2, -0.15) is 0 Å². The Kier molecular flexibility index (Phi) is 4.68. The Morgan fingerprint density at radius 1 is 1.20 bits per heavy atom. The lowest BCUT2D eigenvalue weighted by Crippen LogP contribution is -2.31. The molecule has 1 saturated heterocycles. The fraction of sp³-hybridized carbons (Fsp3) is 0.333. The number of aliphatic hydroxyl groups is 1. The zero-order valence-corrected chi connectivity index (χ0v) is 17.0. The molecule has 1 aliphatic carbocycles. The van der Waals surface area contributed by atoms with Crippen molar-refractivity contribution in [3.8, 4) is 11.4 Å². The first-order valence-electron chi connectivity index (χ1n) is 10.4. The van der Waals surface area contributed by atoms with Crippen LogP contribution in [0.1, 0.15) is 22.0 Å². The number of aromatic nitrogens is 2. The smallest absolute Gasteiger partial charge is 0.269 e. The van der Waals surface area contributed by atoms with Crippen molar-refractivity contribution < 1.29 is 9.90 Å². The van der Waals surface area contributed by atoms with Gasteiger partial charge in [0.1, 0.15) is 11.5 Å². The highest BCUT2D eigenvalue weighted by Gasteiger charge is 2.69. The number of nitrogens with one attached hydrogen (secondary N) is 2. The number of carbonyl (C=O) groups is 1.